The number of hydrogen-bond acceptors (Lipinski definition) is 8. The summed E-state index contributed by atoms with van der Waals surface area (Å²) in [6.07, 6.45) is 0. The van der Waals surface area contributed by atoms with Crippen LogP contribution in [-0.4, -0.2) is 41.6 Å². The summed E-state index contributed by atoms with van der Waals surface area (Å²) in [6, 6.07) is 0. The molecule has 1 aliphatic heterocycles. The van der Waals surface area contributed by atoms with Crippen LogP contribution in [0.2, 0.25) is 0 Å². The van der Waals surface area contributed by atoms with Gasteiger partial charge >= 0.3 is 11.7 Å². The van der Waals surface area contributed by atoms with Gasteiger partial charge in [0.1, 0.15) is 6.61 Å². The second kappa shape index (κ2) is 4.85. The average Bonchev–Trinajstić information content (AvgIpc) is 2.75. The summed E-state index contributed by atoms with van der Waals surface area (Å²) < 4.78 is 14.4. The van der Waals surface area contributed by atoms with Crippen molar-refractivity contribution in [3.05, 3.63) is 20.6 Å². The molecule has 0 radical (unpaired) electrons. The Labute approximate surface area is 99.4 Å². The van der Waals surface area contributed by atoms with Crippen molar-refractivity contribution in [3.63, 3.8) is 0 Å². The van der Waals surface area contributed by atoms with E-state index in [-0.39, 0.29) is 19.0 Å². The molecule has 1 aliphatic rings. The Morgan fingerprint density at radius 3 is 2.94 bits per heavy atom. The molecule has 1 aromatic heterocycles. The highest BCUT2D eigenvalue weighted by Gasteiger charge is 2.40. The van der Waals surface area contributed by atoms with E-state index in [4.69, 9.17) is 15.0 Å². The fourth-order valence-electron chi connectivity index (χ4n) is 1.39. The summed E-state index contributed by atoms with van der Waals surface area (Å²) in [7, 11) is 0. The molecule has 1 saturated heterocycles. The minimum atomic E-state index is -0.761. The van der Waals surface area contributed by atoms with Crippen molar-refractivity contribution in [3.8, 4) is 5.88 Å². The third-order valence-electron chi connectivity index (χ3n) is 2.42. The van der Waals surface area contributed by atoms with Crippen LogP contribution in [0.4, 0.5) is 5.82 Å². The molecule has 0 N–H and O–H groups in total. The lowest BCUT2D eigenvalue weighted by atomic mass is 9.87. The summed E-state index contributed by atoms with van der Waals surface area (Å²) in [5.74, 6) is -0.888. The molecule has 1 fully saturated rings. The van der Waals surface area contributed by atoms with Gasteiger partial charge in [-0.3, -0.25) is 0 Å². The van der Waals surface area contributed by atoms with Crippen molar-refractivity contribution in [2.45, 2.75) is 0 Å². The maximum Gasteiger partial charge on any atom is 0.478 e. The van der Waals surface area contributed by atoms with Crippen LogP contribution in [-0.2, 0) is 4.74 Å². The lowest BCUT2D eigenvalue weighted by molar-refractivity contribution is -0.391. The van der Waals surface area contributed by atoms with Crippen LogP contribution in [0, 0.1) is 15.5 Å². The third-order valence-corrected chi connectivity index (χ3v) is 2.42. The predicted molar refractivity (Wildman–Crippen MR) is 53.7 cm³/mol. The van der Waals surface area contributed by atoms with E-state index < -0.39 is 16.2 Å². The molecule has 96 valence electrons. The van der Waals surface area contributed by atoms with E-state index in [2.05, 4.69) is 25.0 Å². The fourth-order valence-corrected chi connectivity index (χ4v) is 1.39. The molecule has 0 unspecified atom stereocenters. The van der Waals surface area contributed by atoms with Gasteiger partial charge in [-0.2, -0.15) is 0 Å². The molecule has 0 aromatic carbocycles. The number of azide groups is 1. The topological polar surface area (TPSA) is 149 Å². The van der Waals surface area contributed by atoms with Crippen LogP contribution in [0.1, 0.15) is 0 Å². The largest absolute Gasteiger partial charge is 0.478 e. The van der Waals surface area contributed by atoms with Gasteiger partial charge in [0.25, 0.3) is 0 Å². The van der Waals surface area contributed by atoms with Crippen molar-refractivity contribution >= 4 is 5.82 Å². The number of nitrogens with zero attached hydrogens (tertiary/aromatic N) is 6. The maximum absolute atomic E-state index is 10.5. The Morgan fingerprint density at radius 1 is 1.61 bits per heavy atom. The van der Waals surface area contributed by atoms with Crippen LogP contribution in [0.15, 0.2) is 9.74 Å². The van der Waals surface area contributed by atoms with Crippen molar-refractivity contribution in [2.75, 3.05) is 26.4 Å². The molecule has 0 saturated carbocycles. The quantitative estimate of drug-likeness (QED) is 0.238. The molecule has 2 heterocycles. The maximum atomic E-state index is 10.5. The van der Waals surface area contributed by atoms with Gasteiger partial charge in [0.2, 0.25) is 0 Å². The van der Waals surface area contributed by atoms with Gasteiger partial charge in [0, 0.05) is 16.6 Å². The molecule has 2 rings (SSSR count). The lowest BCUT2D eigenvalue weighted by Crippen LogP contribution is -2.49. The molecule has 1 aromatic rings. The molecule has 11 nitrogen and oxygen atoms in total. The highest BCUT2D eigenvalue weighted by Crippen LogP contribution is 2.30. The fraction of sp³-hybridized carbons (Fsp3) is 0.714. The van der Waals surface area contributed by atoms with Crippen molar-refractivity contribution in [2.24, 2.45) is 10.5 Å². The average molecular weight is 256 g/mol. The first kappa shape index (κ1) is 12.1. The van der Waals surface area contributed by atoms with Gasteiger partial charge in [-0.15, -0.1) is 4.63 Å². The van der Waals surface area contributed by atoms with Gasteiger partial charge in [-0.05, 0) is 10.5 Å². The molecule has 11 heteroatoms. The van der Waals surface area contributed by atoms with E-state index in [1.807, 2.05) is 0 Å². The van der Waals surface area contributed by atoms with Gasteiger partial charge < -0.3 is 19.6 Å². The molecular weight excluding hydrogens is 248 g/mol. The normalized spacial score (nSPS) is 16.4. The number of aromatic nitrogens is 2. The van der Waals surface area contributed by atoms with E-state index in [0.29, 0.717) is 13.2 Å². The van der Waals surface area contributed by atoms with Crippen molar-refractivity contribution in [1.29, 1.82) is 0 Å². The summed E-state index contributed by atoms with van der Waals surface area (Å²) in [5, 5.41) is 20.4. The van der Waals surface area contributed by atoms with E-state index in [1.165, 1.54) is 0 Å². The van der Waals surface area contributed by atoms with Crippen molar-refractivity contribution < 1.29 is 19.0 Å². The summed E-state index contributed by atoms with van der Waals surface area (Å²) >= 11 is 0. The van der Waals surface area contributed by atoms with Gasteiger partial charge in [-0.1, -0.05) is 5.11 Å². The number of hydrogen-bond donors (Lipinski definition) is 0. The summed E-state index contributed by atoms with van der Waals surface area (Å²) in [6.45, 7) is 0.958. The van der Waals surface area contributed by atoms with E-state index >= 15 is 0 Å². The zero-order chi connectivity index (χ0) is 13.0. The number of rotatable bonds is 6. The molecular formula is C7H8N6O5. The Kier molecular flexibility index (Phi) is 3.26. The van der Waals surface area contributed by atoms with Crippen LogP contribution in [0.5, 0.6) is 5.88 Å². The second-order valence-electron chi connectivity index (χ2n) is 3.82. The Bertz CT molecular complexity index is 490. The van der Waals surface area contributed by atoms with Crippen LogP contribution in [0.25, 0.3) is 10.4 Å². The predicted octanol–water partition coefficient (Wildman–Crippen LogP) is 0.683. The van der Waals surface area contributed by atoms with Crippen LogP contribution in [0.3, 0.4) is 0 Å². The number of nitro groups is 1. The first-order valence-corrected chi connectivity index (χ1v) is 4.85. The second-order valence-corrected chi connectivity index (χ2v) is 3.82. The SMILES string of the molecule is [N-]=[N+]=NCC1(COc2nonc2[N+](=O)[O-])COC1. The Balaban J connectivity index is 1.99. The van der Waals surface area contributed by atoms with Gasteiger partial charge in [0.05, 0.1) is 18.6 Å². The van der Waals surface area contributed by atoms with E-state index in [0.717, 1.165) is 0 Å². The van der Waals surface area contributed by atoms with Crippen LogP contribution < -0.4 is 4.74 Å². The molecule has 18 heavy (non-hydrogen) atoms. The standard InChI is InChI=1S/C7H8N6O5/c8-12-9-1-7(2-16-3-7)4-17-6-5(13(14)15)10-18-11-6/h1-4H2. The molecule has 0 spiro atoms. The minimum Gasteiger partial charge on any atom is -0.469 e. The van der Waals surface area contributed by atoms with Gasteiger partial charge in [-0.25, -0.2) is 0 Å². The highest BCUT2D eigenvalue weighted by molar-refractivity contribution is 5.28. The van der Waals surface area contributed by atoms with Gasteiger partial charge in [0.15, 0.2) is 5.16 Å². The monoisotopic (exact) mass is 256 g/mol. The third kappa shape index (κ3) is 2.31. The zero-order valence-corrected chi connectivity index (χ0v) is 9.05. The van der Waals surface area contributed by atoms with E-state index in [1.54, 1.807) is 0 Å². The summed E-state index contributed by atoms with van der Waals surface area (Å²) in [4.78, 5) is 12.4. The highest BCUT2D eigenvalue weighted by atomic mass is 16.7. The Morgan fingerprint density at radius 2 is 2.39 bits per heavy atom. The van der Waals surface area contributed by atoms with Crippen molar-refractivity contribution in [1.82, 2.24) is 10.3 Å². The van der Waals surface area contributed by atoms with Crippen LogP contribution >= 0.6 is 0 Å². The molecule has 0 aliphatic carbocycles. The smallest absolute Gasteiger partial charge is 0.469 e. The first-order valence-electron chi connectivity index (χ1n) is 4.85. The summed E-state index contributed by atoms with van der Waals surface area (Å²) in [5.41, 5.74) is 7.80. The molecule has 0 atom stereocenters. The number of ether oxygens (including phenoxy) is 2. The minimum absolute atomic E-state index is 0.0705. The Hall–Kier alpha value is -2.39. The zero-order valence-electron chi connectivity index (χ0n) is 9.05. The molecule has 0 bridgehead atoms. The first-order chi connectivity index (χ1) is 8.67. The lowest BCUT2D eigenvalue weighted by Gasteiger charge is -2.39. The van der Waals surface area contributed by atoms with E-state index in [9.17, 15) is 10.1 Å². The molecule has 0 amide bonds.